The van der Waals surface area contributed by atoms with Crippen molar-refractivity contribution in [3.8, 4) is 0 Å². The molecule has 0 aliphatic carbocycles. The Morgan fingerprint density at radius 2 is 1.84 bits per heavy atom. The standard InChI is InChI=1S/C19H22N2O3S/c1-2-14-25(23,24)16-19(22)21(15-17-8-4-3-5-9-17)13-11-18-10-6-7-12-20-18/h2-10,12H,1,11,13-16H2. The van der Waals surface area contributed by atoms with Crippen molar-refractivity contribution in [1.29, 1.82) is 0 Å². The van der Waals surface area contributed by atoms with Crippen molar-refractivity contribution in [3.05, 3.63) is 78.6 Å². The van der Waals surface area contributed by atoms with Crippen molar-refractivity contribution in [2.75, 3.05) is 18.1 Å². The topological polar surface area (TPSA) is 67.3 Å². The van der Waals surface area contributed by atoms with Crippen LogP contribution in [0.2, 0.25) is 0 Å². The summed E-state index contributed by atoms with van der Waals surface area (Å²) in [6.45, 7) is 4.21. The van der Waals surface area contributed by atoms with E-state index in [1.807, 2.05) is 48.5 Å². The molecule has 1 heterocycles. The number of benzene rings is 1. The van der Waals surface area contributed by atoms with Gasteiger partial charge >= 0.3 is 0 Å². The average molecular weight is 358 g/mol. The summed E-state index contributed by atoms with van der Waals surface area (Å²) in [6, 6.07) is 15.1. The molecule has 0 radical (unpaired) electrons. The first-order valence-electron chi connectivity index (χ1n) is 8.03. The van der Waals surface area contributed by atoms with Crippen LogP contribution >= 0.6 is 0 Å². The summed E-state index contributed by atoms with van der Waals surface area (Å²) < 4.78 is 23.9. The van der Waals surface area contributed by atoms with E-state index in [4.69, 9.17) is 0 Å². The lowest BCUT2D eigenvalue weighted by atomic mass is 10.2. The van der Waals surface area contributed by atoms with Crippen LogP contribution in [0, 0.1) is 0 Å². The second-order valence-electron chi connectivity index (χ2n) is 5.72. The first kappa shape index (κ1) is 18.9. The van der Waals surface area contributed by atoms with Crippen molar-refractivity contribution in [1.82, 2.24) is 9.88 Å². The minimum absolute atomic E-state index is 0.196. The van der Waals surface area contributed by atoms with Crippen molar-refractivity contribution in [2.24, 2.45) is 0 Å². The highest BCUT2D eigenvalue weighted by atomic mass is 32.2. The molecule has 0 bridgehead atoms. The molecule has 0 fully saturated rings. The zero-order valence-electron chi connectivity index (χ0n) is 14.0. The van der Waals surface area contributed by atoms with Gasteiger partial charge in [0.2, 0.25) is 5.91 Å². The molecule has 0 N–H and O–H groups in total. The number of aromatic nitrogens is 1. The van der Waals surface area contributed by atoms with Crippen LogP contribution < -0.4 is 0 Å². The molecule has 25 heavy (non-hydrogen) atoms. The number of hydrogen-bond donors (Lipinski definition) is 0. The maximum atomic E-state index is 12.6. The highest BCUT2D eigenvalue weighted by Gasteiger charge is 2.21. The Bertz CT molecular complexity index is 790. The van der Waals surface area contributed by atoms with Gasteiger partial charge in [-0.25, -0.2) is 8.42 Å². The number of nitrogens with zero attached hydrogens (tertiary/aromatic N) is 2. The molecule has 132 valence electrons. The lowest BCUT2D eigenvalue weighted by molar-refractivity contribution is -0.129. The average Bonchev–Trinajstić information content (AvgIpc) is 2.59. The fourth-order valence-corrected chi connectivity index (χ4v) is 3.44. The molecule has 0 saturated carbocycles. The van der Waals surface area contributed by atoms with E-state index in [9.17, 15) is 13.2 Å². The van der Waals surface area contributed by atoms with Crippen LogP contribution in [0.25, 0.3) is 0 Å². The second-order valence-corrected chi connectivity index (χ2v) is 7.82. The van der Waals surface area contributed by atoms with Crippen LogP contribution in [0.5, 0.6) is 0 Å². The summed E-state index contributed by atoms with van der Waals surface area (Å²) in [4.78, 5) is 18.4. The molecular weight excluding hydrogens is 336 g/mol. The minimum Gasteiger partial charge on any atom is -0.337 e. The second kappa shape index (κ2) is 9.13. The molecule has 0 aliphatic heterocycles. The number of sulfone groups is 1. The predicted octanol–water partition coefficient (Wildman–Crippen LogP) is 2.25. The van der Waals surface area contributed by atoms with Gasteiger partial charge in [-0.1, -0.05) is 42.5 Å². The number of carbonyl (C=O) groups is 1. The van der Waals surface area contributed by atoms with Crippen LogP contribution in [0.4, 0.5) is 0 Å². The predicted molar refractivity (Wildman–Crippen MR) is 98.7 cm³/mol. The lowest BCUT2D eigenvalue weighted by Gasteiger charge is -2.23. The van der Waals surface area contributed by atoms with E-state index in [1.54, 1.807) is 11.1 Å². The van der Waals surface area contributed by atoms with Crippen LogP contribution in [-0.2, 0) is 27.6 Å². The Labute approximate surface area is 148 Å². The molecule has 0 unspecified atom stereocenters. The maximum Gasteiger partial charge on any atom is 0.238 e. The fraction of sp³-hybridized carbons (Fsp3) is 0.263. The van der Waals surface area contributed by atoms with Crippen molar-refractivity contribution < 1.29 is 13.2 Å². The number of carbonyl (C=O) groups excluding carboxylic acids is 1. The minimum atomic E-state index is -3.48. The van der Waals surface area contributed by atoms with Crippen LogP contribution in [0.1, 0.15) is 11.3 Å². The Hall–Kier alpha value is -2.47. The first-order valence-corrected chi connectivity index (χ1v) is 9.85. The normalized spacial score (nSPS) is 11.0. The molecular formula is C19H22N2O3S. The number of pyridine rings is 1. The molecule has 0 aliphatic rings. The van der Waals surface area contributed by atoms with Gasteiger partial charge < -0.3 is 4.90 Å². The molecule has 1 aromatic carbocycles. The van der Waals surface area contributed by atoms with Gasteiger partial charge in [-0.3, -0.25) is 9.78 Å². The highest BCUT2D eigenvalue weighted by Crippen LogP contribution is 2.08. The third kappa shape index (κ3) is 6.51. The maximum absolute atomic E-state index is 12.6. The summed E-state index contributed by atoms with van der Waals surface area (Å²) in [6.07, 6.45) is 3.58. The van der Waals surface area contributed by atoms with E-state index in [2.05, 4.69) is 11.6 Å². The molecule has 2 rings (SSSR count). The molecule has 0 spiro atoms. The van der Waals surface area contributed by atoms with Gasteiger partial charge in [0.15, 0.2) is 9.84 Å². The molecule has 1 amide bonds. The van der Waals surface area contributed by atoms with Gasteiger partial charge in [0, 0.05) is 31.4 Å². The Morgan fingerprint density at radius 1 is 1.12 bits per heavy atom. The van der Waals surface area contributed by atoms with Gasteiger partial charge in [-0.15, -0.1) is 6.58 Å². The van der Waals surface area contributed by atoms with Crippen LogP contribution in [0.15, 0.2) is 67.4 Å². The number of rotatable bonds is 9. The van der Waals surface area contributed by atoms with Gasteiger partial charge in [-0.2, -0.15) is 0 Å². The third-order valence-electron chi connectivity index (χ3n) is 3.65. The number of hydrogen-bond acceptors (Lipinski definition) is 4. The Kier molecular flexibility index (Phi) is 6.89. The van der Waals surface area contributed by atoms with E-state index in [0.29, 0.717) is 19.5 Å². The summed E-state index contributed by atoms with van der Waals surface area (Å²) >= 11 is 0. The van der Waals surface area contributed by atoms with E-state index >= 15 is 0 Å². The van der Waals surface area contributed by atoms with Crippen molar-refractivity contribution >= 4 is 15.7 Å². The summed E-state index contributed by atoms with van der Waals surface area (Å²) in [5.41, 5.74) is 1.82. The van der Waals surface area contributed by atoms with Crippen LogP contribution in [0.3, 0.4) is 0 Å². The molecule has 0 atom stereocenters. The molecule has 1 aromatic heterocycles. The van der Waals surface area contributed by atoms with E-state index in [0.717, 1.165) is 11.3 Å². The quantitative estimate of drug-likeness (QED) is 0.645. The Morgan fingerprint density at radius 3 is 2.48 bits per heavy atom. The molecule has 0 saturated heterocycles. The molecule has 5 nitrogen and oxygen atoms in total. The fourth-order valence-electron chi connectivity index (χ4n) is 2.41. The van der Waals surface area contributed by atoms with Crippen LogP contribution in [-0.4, -0.2) is 42.3 Å². The van der Waals surface area contributed by atoms with Gasteiger partial charge in [-0.05, 0) is 17.7 Å². The van der Waals surface area contributed by atoms with Gasteiger partial charge in [0.05, 0.1) is 5.75 Å². The van der Waals surface area contributed by atoms with E-state index < -0.39 is 21.5 Å². The zero-order chi connectivity index (χ0) is 18.1. The smallest absolute Gasteiger partial charge is 0.238 e. The number of amides is 1. The summed E-state index contributed by atoms with van der Waals surface area (Å²) in [7, 11) is -3.48. The first-order chi connectivity index (χ1) is 12.0. The van der Waals surface area contributed by atoms with Gasteiger partial charge in [0.25, 0.3) is 0 Å². The SMILES string of the molecule is C=CCS(=O)(=O)CC(=O)N(CCc1ccccn1)Cc1ccccc1. The van der Waals surface area contributed by atoms with E-state index in [-0.39, 0.29) is 5.75 Å². The van der Waals surface area contributed by atoms with Gasteiger partial charge in [0.1, 0.15) is 5.75 Å². The van der Waals surface area contributed by atoms with E-state index in [1.165, 1.54) is 6.08 Å². The summed E-state index contributed by atoms with van der Waals surface area (Å²) in [5.74, 6) is -1.10. The third-order valence-corrected chi connectivity index (χ3v) is 5.08. The molecule has 2 aromatic rings. The molecule has 6 heteroatoms. The summed E-state index contributed by atoms with van der Waals surface area (Å²) in [5, 5.41) is 0. The van der Waals surface area contributed by atoms with Crippen molar-refractivity contribution in [3.63, 3.8) is 0 Å². The van der Waals surface area contributed by atoms with Crippen molar-refractivity contribution in [2.45, 2.75) is 13.0 Å². The lowest BCUT2D eigenvalue weighted by Crippen LogP contribution is -2.37. The zero-order valence-corrected chi connectivity index (χ0v) is 14.9. The Balaban J connectivity index is 2.10. The largest absolute Gasteiger partial charge is 0.337 e. The highest BCUT2D eigenvalue weighted by molar-refractivity contribution is 7.92. The monoisotopic (exact) mass is 358 g/mol.